The molecule has 0 spiro atoms. The predicted octanol–water partition coefficient (Wildman–Crippen LogP) is 3.15. The normalized spacial score (nSPS) is 25.1. The van der Waals surface area contributed by atoms with E-state index < -0.39 is 21.9 Å². The number of furan rings is 1. The Morgan fingerprint density at radius 2 is 1.84 bits per heavy atom. The number of halogens is 1. The van der Waals surface area contributed by atoms with Gasteiger partial charge in [-0.1, -0.05) is 6.42 Å². The van der Waals surface area contributed by atoms with Crippen LogP contribution >= 0.6 is 0 Å². The average Bonchev–Trinajstić information content (AvgIpc) is 3.18. The van der Waals surface area contributed by atoms with Crippen LogP contribution in [0.25, 0.3) is 11.3 Å². The summed E-state index contributed by atoms with van der Waals surface area (Å²) in [7, 11) is -4.04. The van der Waals surface area contributed by atoms with Gasteiger partial charge in [-0.25, -0.2) is 12.8 Å². The van der Waals surface area contributed by atoms with Gasteiger partial charge < -0.3 is 14.6 Å². The molecule has 2 saturated heterocycles. The summed E-state index contributed by atoms with van der Waals surface area (Å²) < 4.78 is 48.5. The van der Waals surface area contributed by atoms with E-state index in [-0.39, 0.29) is 35.0 Å². The summed E-state index contributed by atoms with van der Waals surface area (Å²) in [5.41, 5.74) is 0.201. The van der Waals surface area contributed by atoms with Gasteiger partial charge in [0.2, 0.25) is 15.9 Å². The molecule has 1 aromatic heterocycles. The Morgan fingerprint density at radius 3 is 2.47 bits per heavy atom. The van der Waals surface area contributed by atoms with E-state index in [1.54, 1.807) is 24.0 Å². The van der Waals surface area contributed by atoms with Gasteiger partial charge in [0, 0.05) is 31.7 Å². The van der Waals surface area contributed by atoms with Crippen molar-refractivity contribution in [2.75, 3.05) is 19.6 Å². The molecular weight excluding hydrogens is 433 g/mol. The zero-order valence-electron chi connectivity index (χ0n) is 18.7. The largest absolute Gasteiger partial charge is 0.461 e. The molecule has 2 aromatic rings. The standard InChI is InChI=1S/C23H30FN3O4S/c1-15-13-26(14-16(2)25-15)23(28)21-6-4-5-11-27(21)32(29,30)18-8-9-19(20(24)12-18)22-10-7-17(3)31-22/h7-10,12,15-16,21,25H,4-6,11,13-14H2,1-3H3/t15-,16+,21-/m0/s1. The number of benzene rings is 1. The minimum absolute atomic E-state index is 0.142. The lowest BCUT2D eigenvalue weighted by Gasteiger charge is -2.41. The van der Waals surface area contributed by atoms with Crippen LogP contribution in [-0.4, -0.2) is 61.3 Å². The van der Waals surface area contributed by atoms with Crippen molar-refractivity contribution in [2.24, 2.45) is 0 Å². The van der Waals surface area contributed by atoms with Crippen molar-refractivity contribution in [1.29, 1.82) is 0 Å². The maximum absolute atomic E-state index is 14.9. The van der Waals surface area contributed by atoms with E-state index in [2.05, 4.69) is 5.32 Å². The third-order valence-electron chi connectivity index (χ3n) is 6.16. The van der Waals surface area contributed by atoms with E-state index in [9.17, 15) is 17.6 Å². The number of rotatable bonds is 4. The first-order valence-corrected chi connectivity index (χ1v) is 12.5. The molecule has 0 aliphatic carbocycles. The van der Waals surface area contributed by atoms with Gasteiger partial charge in [-0.05, 0) is 63.9 Å². The zero-order valence-corrected chi connectivity index (χ0v) is 19.5. The van der Waals surface area contributed by atoms with Gasteiger partial charge in [0.15, 0.2) is 0 Å². The number of hydrogen-bond donors (Lipinski definition) is 1. The maximum Gasteiger partial charge on any atom is 0.243 e. The number of nitrogens with zero attached hydrogens (tertiary/aromatic N) is 2. The van der Waals surface area contributed by atoms with E-state index in [0.29, 0.717) is 37.5 Å². The minimum Gasteiger partial charge on any atom is -0.461 e. The quantitative estimate of drug-likeness (QED) is 0.753. The van der Waals surface area contributed by atoms with E-state index >= 15 is 0 Å². The van der Waals surface area contributed by atoms with Crippen molar-refractivity contribution in [3.05, 3.63) is 41.9 Å². The first-order valence-electron chi connectivity index (χ1n) is 11.1. The summed E-state index contributed by atoms with van der Waals surface area (Å²) in [4.78, 5) is 15.0. The molecule has 0 saturated carbocycles. The fourth-order valence-electron chi connectivity index (χ4n) is 4.73. The highest BCUT2D eigenvalue weighted by Gasteiger charge is 2.40. The number of nitrogens with one attached hydrogen (secondary N) is 1. The van der Waals surface area contributed by atoms with Gasteiger partial charge in [0.1, 0.15) is 23.4 Å². The molecule has 7 nitrogen and oxygen atoms in total. The summed E-state index contributed by atoms with van der Waals surface area (Å²) in [6, 6.07) is 6.72. The van der Waals surface area contributed by atoms with Crippen LogP contribution in [-0.2, 0) is 14.8 Å². The topological polar surface area (TPSA) is 82.9 Å². The molecule has 1 N–H and O–H groups in total. The number of carbonyl (C=O) groups is 1. The van der Waals surface area contributed by atoms with E-state index in [1.165, 1.54) is 16.4 Å². The van der Waals surface area contributed by atoms with Crippen molar-refractivity contribution in [3.63, 3.8) is 0 Å². The van der Waals surface area contributed by atoms with Crippen LogP contribution in [0.5, 0.6) is 0 Å². The van der Waals surface area contributed by atoms with Crippen LogP contribution in [0, 0.1) is 12.7 Å². The first-order chi connectivity index (χ1) is 15.2. The lowest BCUT2D eigenvalue weighted by Crippen LogP contribution is -2.60. The Kier molecular flexibility index (Phi) is 6.42. The molecule has 2 aliphatic rings. The van der Waals surface area contributed by atoms with Gasteiger partial charge in [-0.15, -0.1) is 0 Å². The van der Waals surface area contributed by atoms with Crippen molar-refractivity contribution < 1.29 is 22.0 Å². The van der Waals surface area contributed by atoms with E-state index in [4.69, 9.17) is 4.42 Å². The summed E-state index contributed by atoms with van der Waals surface area (Å²) in [6.45, 7) is 7.11. The summed E-state index contributed by atoms with van der Waals surface area (Å²) in [5, 5.41) is 3.39. The molecule has 0 bridgehead atoms. The third kappa shape index (κ3) is 4.46. The van der Waals surface area contributed by atoms with Crippen LogP contribution in [0.1, 0.15) is 38.9 Å². The van der Waals surface area contributed by atoms with Crippen LogP contribution in [0.2, 0.25) is 0 Å². The molecule has 0 unspecified atom stereocenters. The first kappa shape index (κ1) is 22.9. The van der Waals surface area contributed by atoms with Crippen molar-refractivity contribution in [1.82, 2.24) is 14.5 Å². The monoisotopic (exact) mass is 463 g/mol. The second-order valence-electron chi connectivity index (χ2n) is 8.89. The predicted molar refractivity (Wildman–Crippen MR) is 119 cm³/mol. The highest BCUT2D eigenvalue weighted by molar-refractivity contribution is 7.89. The molecule has 32 heavy (non-hydrogen) atoms. The number of carbonyl (C=O) groups excluding carboxylic acids is 1. The SMILES string of the molecule is Cc1ccc(-c2ccc(S(=O)(=O)N3CCCC[C@H]3C(=O)N3C[C@@H](C)N[C@@H](C)C3)cc2F)o1. The number of amides is 1. The second kappa shape index (κ2) is 8.96. The third-order valence-corrected chi connectivity index (χ3v) is 8.07. The Hall–Kier alpha value is -2.23. The van der Waals surface area contributed by atoms with Crippen molar-refractivity contribution in [3.8, 4) is 11.3 Å². The number of sulfonamides is 1. The Bertz CT molecular complexity index is 1090. The van der Waals surface area contributed by atoms with Gasteiger partial charge >= 0.3 is 0 Å². The number of piperazine rings is 1. The molecule has 3 heterocycles. The highest BCUT2D eigenvalue weighted by Crippen LogP contribution is 2.31. The van der Waals surface area contributed by atoms with Crippen LogP contribution < -0.4 is 5.32 Å². The Morgan fingerprint density at radius 1 is 1.12 bits per heavy atom. The average molecular weight is 464 g/mol. The summed E-state index contributed by atoms with van der Waals surface area (Å²) in [6.07, 6.45) is 1.92. The molecule has 2 aliphatic heterocycles. The number of hydrogen-bond acceptors (Lipinski definition) is 5. The lowest BCUT2D eigenvalue weighted by atomic mass is 10.0. The van der Waals surface area contributed by atoms with Crippen molar-refractivity contribution >= 4 is 15.9 Å². The molecule has 174 valence electrons. The molecule has 1 aromatic carbocycles. The number of piperidine rings is 1. The maximum atomic E-state index is 14.9. The minimum atomic E-state index is -4.04. The lowest BCUT2D eigenvalue weighted by molar-refractivity contribution is -0.138. The van der Waals surface area contributed by atoms with Gasteiger partial charge in [-0.3, -0.25) is 4.79 Å². The molecule has 1 amide bonds. The zero-order chi connectivity index (χ0) is 23.0. The van der Waals surface area contributed by atoms with Gasteiger partial charge in [-0.2, -0.15) is 4.31 Å². The second-order valence-corrected chi connectivity index (χ2v) is 10.8. The molecular formula is C23H30FN3O4S. The van der Waals surface area contributed by atoms with Gasteiger partial charge in [0.05, 0.1) is 10.5 Å². The summed E-state index contributed by atoms with van der Waals surface area (Å²) in [5.74, 6) is 0.140. The fourth-order valence-corrected chi connectivity index (χ4v) is 6.39. The number of aryl methyl sites for hydroxylation is 1. The molecule has 3 atom stereocenters. The molecule has 9 heteroatoms. The molecule has 0 radical (unpaired) electrons. The van der Waals surface area contributed by atoms with E-state index in [1.807, 2.05) is 13.8 Å². The molecule has 2 fully saturated rings. The molecule has 4 rings (SSSR count). The Labute approximate surface area is 188 Å². The van der Waals surface area contributed by atoms with Gasteiger partial charge in [0.25, 0.3) is 0 Å². The van der Waals surface area contributed by atoms with Crippen LogP contribution in [0.4, 0.5) is 4.39 Å². The van der Waals surface area contributed by atoms with E-state index in [0.717, 1.165) is 12.5 Å². The highest BCUT2D eigenvalue weighted by atomic mass is 32.2. The van der Waals surface area contributed by atoms with Crippen LogP contribution in [0.3, 0.4) is 0 Å². The smallest absolute Gasteiger partial charge is 0.243 e. The summed E-state index contributed by atoms with van der Waals surface area (Å²) >= 11 is 0. The Balaban J connectivity index is 1.61. The van der Waals surface area contributed by atoms with Crippen LogP contribution in [0.15, 0.2) is 39.6 Å². The van der Waals surface area contributed by atoms with Crippen molar-refractivity contribution in [2.45, 2.75) is 63.1 Å². The fraction of sp³-hybridized carbons (Fsp3) is 0.522.